The Labute approximate surface area is 96.9 Å². The Hall–Kier alpha value is -1.05. The first-order chi connectivity index (χ1) is 7.75. The molecule has 0 atom stereocenters. The number of nitrogen functional groups attached to an aromatic ring is 1. The number of halogens is 1. The molecule has 16 heavy (non-hydrogen) atoms. The van der Waals surface area contributed by atoms with E-state index >= 15 is 0 Å². The van der Waals surface area contributed by atoms with E-state index in [1.54, 1.807) is 0 Å². The highest BCUT2D eigenvalue weighted by molar-refractivity contribution is 5.47. The average Bonchev–Trinajstić information content (AvgIpc) is 2.51. The van der Waals surface area contributed by atoms with E-state index in [2.05, 4.69) is 0 Å². The van der Waals surface area contributed by atoms with E-state index in [-0.39, 0.29) is 5.82 Å². The van der Waals surface area contributed by atoms with E-state index in [4.69, 9.17) is 5.73 Å². The van der Waals surface area contributed by atoms with Crippen molar-refractivity contribution in [3.8, 4) is 0 Å². The summed E-state index contributed by atoms with van der Waals surface area (Å²) in [5.41, 5.74) is 7.57. The maximum atomic E-state index is 12.9. The van der Waals surface area contributed by atoms with Gasteiger partial charge in [0.05, 0.1) is 0 Å². The van der Waals surface area contributed by atoms with Gasteiger partial charge in [0.25, 0.3) is 0 Å². The number of hydrogen-bond acceptors (Lipinski definition) is 1. The van der Waals surface area contributed by atoms with Gasteiger partial charge in [-0.05, 0) is 30.0 Å². The Bertz CT molecular complexity index is 341. The Morgan fingerprint density at radius 3 is 2.44 bits per heavy atom. The third kappa shape index (κ3) is 2.97. The molecule has 2 N–H and O–H groups in total. The first-order valence-electron chi connectivity index (χ1n) is 6.29. The van der Waals surface area contributed by atoms with Crippen molar-refractivity contribution in [1.82, 2.24) is 0 Å². The van der Waals surface area contributed by atoms with Crippen LogP contribution >= 0.6 is 0 Å². The van der Waals surface area contributed by atoms with Crippen LogP contribution in [-0.2, 0) is 6.42 Å². The van der Waals surface area contributed by atoms with Crippen LogP contribution in [0.4, 0.5) is 10.1 Å². The van der Waals surface area contributed by atoms with E-state index in [0.29, 0.717) is 5.69 Å². The fourth-order valence-corrected chi connectivity index (χ4v) is 2.63. The summed E-state index contributed by atoms with van der Waals surface area (Å²) >= 11 is 0. The van der Waals surface area contributed by atoms with Crippen LogP contribution in [-0.4, -0.2) is 0 Å². The van der Waals surface area contributed by atoms with Crippen LogP contribution in [0.15, 0.2) is 18.2 Å². The smallest absolute Gasteiger partial charge is 0.125 e. The standard InChI is InChI=1S/C14H20FN/c15-13-8-7-12(14(16)10-13)9-11-5-3-1-2-4-6-11/h7-8,10-11H,1-6,9,16H2. The lowest BCUT2D eigenvalue weighted by molar-refractivity contribution is 0.458. The molecule has 0 spiro atoms. The van der Waals surface area contributed by atoms with Gasteiger partial charge in [0.2, 0.25) is 0 Å². The van der Waals surface area contributed by atoms with Crippen LogP contribution in [0, 0.1) is 11.7 Å². The Balaban J connectivity index is 2.01. The molecule has 1 nitrogen and oxygen atoms in total. The molecule has 1 fully saturated rings. The minimum Gasteiger partial charge on any atom is -0.398 e. The highest BCUT2D eigenvalue weighted by Crippen LogP contribution is 2.27. The molecule has 1 aliphatic carbocycles. The van der Waals surface area contributed by atoms with Gasteiger partial charge in [-0.1, -0.05) is 44.6 Å². The first kappa shape index (κ1) is 11.4. The van der Waals surface area contributed by atoms with E-state index in [9.17, 15) is 4.39 Å². The van der Waals surface area contributed by atoms with Crippen molar-refractivity contribution in [2.75, 3.05) is 5.73 Å². The number of nitrogens with two attached hydrogens (primary N) is 1. The molecule has 1 aliphatic rings. The van der Waals surface area contributed by atoms with E-state index in [0.717, 1.165) is 17.9 Å². The molecule has 2 heteroatoms. The van der Waals surface area contributed by atoms with Crippen LogP contribution < -0.4 is 5.73 Å². The van der Waals surface area contributed by atoms with Gasteiger partial charge in [0.15, 0.2) is 0 Å². The summed E-state index contributed by atoms with van der Waals surface area (Å²) in [7, 11) is 0. The molecule has 0 aromatic heterocycles. The molecule has 0 radical (unpaired) electrons. The Kier molecular flexibility index (Phi) is 3.81. The maximum absolute atomic E-state index is 12.9. The molecule has 1 aromatic rings. The molecule has 0 aliphatic heterocycles. The van der Waals surface area contributed by atoms with Gasteiger partial charge >= 0.3 is 0 Å². The molecule has 1 saturated carbocycles. The number of rotatable bonds is 2. The van der Waals surface area contributed by atoms with Crippen molar-refractivity contribution in [3.05, 3.63) is 29.6 Å². The zero-order valence-corrected chi connectivity index (χ0v) is 9.71. The van der Waals surface area contributed by atoms with E-state index < -0.39 is 0 Å². The molecule has 0 saturated heterocycles. The second-order valence-corrected chi connectivity index (χ2v) is 4.90. The first-order valence-corrected chi connectivity index (χ1v) is 6.29. The van der Waals surface area contributed by atoms with Gasteiger partial charge in [-0.15, -0.1) is 0 Å². The zero-order valence-electron chi connectivity index (χ0n) is 9.71. The summed E-state index contributed by atoms with van der Waals surface area (Å²) in [6, 6.07) is 4.80. The van der Waals surface area contributed by atoms with E-state index in [1.807, 2.05) is 6.07 Å². The largest absolute Gasteiger partial charge is 0.398 e. The third-order valence-electron chi connectivity index (χ3n) is 3.59. The quantitative estimate of drug-likeness (QED) is 0.594. The Morgan fingerprint density at radius 2 is 1.81 bits per heavy atom. The van der Waals surface area contributed by atoms with Crippen molar-refractivity contribution >= 4 is 5.69 Å². The van der Waals surface area contributed by atoms with Gasteiger partial charge in [-0.2, -0.15) is 0 Å². The molecular formula is C14H20FN. The predicted molar refractivity (Wildman–Crippen MR) is 65.7 cm³/mol. The molecule has 0 bridgehead atoms. The summed E-state index contributed by atoms with van der Waals surface area (Å²) < 4.78 is 12.9. The molecule has 1 aromatic carbocycles. The Morgan fingerprint density at radius 1 is 1.12 bits per heavy atom. The highest BCUT2D eigenvalue weighted by Gasteiger charge is 2.14. The number of hydrogen-bond donors (Lipinski definition) is 1. The number of anilines is 1. The second-order valence-electron chi connectivity index (χ2n) is 4.90. The fourth-order valence-electron chi connectivity index (χ4n) is 2.63. The van der Waals surface area contributed by atoms with Crippen LogP contribution in [0.3, 0.4) is 0 Å². The second kappa shape index (κ2) is 5.33. The highest BCUT2D eigenvalue weighted by atomic mass is 19.1. The van der Waals surface area contributed by atoms with Crippen LogP contribution in [0.25, 0.3) is 0 Å². The van der Waals surface area contributed by atoms with Crippen molar-refractivity contribution in [3.63, 3.8) is 0 Å². The third-order valence-corrected chi connectivity index (χ3v) is 3.59. The average molecular weight is 221 g/mol. The van der Waals surface area contributed by atoms with E-state index in [1.165, 1.54) is 50.7 Å². The summed E-state index contributed by atoms with van der Waals surface area (Å²) in [4.78, 5) is 0. The lowest BCUT2D eigenvalue weighted by Gasteiger charge is -2.15. The number of benzene rings is 1. The van der Waals surface area contributed by atoms with Crippen molar-refractivity contribution in [1.29, 1.82) is 0 Å². The van der Waals surface area contributed by atoms with Crippen LogP contribution in [0.1, 0.15) is 44.1 Å². The maximum Gasteiger partial charge on any atom is 0.125 e. The minimum absolute atomic E-state index is 0.234. The van der Waals surface area contributed by atoms with Crippen molar-refractivity contribution in [2.24, 2.45) is 5.92 Å². The van der Waals surface area contributed by atoms with Gasteiger partial charge in [0.1, 0.15) is 5.82 Å². The van der Waals surface area contributed by atoms with Crippen LogP contribution in [0.2, 0.25) is 0 Å². The van der Waals surface area contributed by atoms with Gasteiger partial charge < -0.3 is 5.73 Å². The predicted octanol–water partition coefficient (Wildman–Crippen LogP) is 3.92. The SMILES string of the molecule is Nc1cc(F)ccc1CC1CCCCCC1. The van der Waals surface area contributed by atoms with Gasteiger partial charge in [0, 0.05) is 5.69 Å². The molecule has 0 heterocycles. The van der Waals surface area contributed by atoms with Crippen molar-refractivity contribution in [2.45, 2.75) is 44.9 Å². The monoisotopic (exact) mass is 221 g/mol. The fraction of sp³-hybridized carbons (Fsp3) is 0.571. The molecule has 2 rings (SSSR count). The van der Waals surface area contributed by atoms with Crippen molar-refractivity contribution < 1.29 is 4.39 Å². The minimum atomic E-state index is -0.234. The van der Waals surface area contributed by atoms with Gasteiger partial charge in [-0.3, -0.25) is 0 Å². The molecule has 0 amide bonds. The topological polar surface area (TPSA) is 26.0 Å². The summed E-state index contributed by atoms with van der Waals surface area (Å²) in [5, 5.41) is 0. The summed E-state index contributed by atoms with van der Waals surface area (Å²) in [5.74, 6) is 0.511. The molecule has 0 unspecified atom stereocenters. The zero-order chi connectivity index (χ0) is 11.4. The lowest BCUT2D eigenvalue weighted by Crippen LogP contribution is -2.05. The lowest BCUT2D eigenvalue weighted by atomic mass is 9.92. The normalized spacial score (nSPS) is 18.3. The molecular weight excluding hydrogens is 201 g/mol. The summed E-state index contributed by atoms with van der Waals surface area (Å²) in [6.07, 6.45) is 9.04. The van der Waals surface area contributed by atoms with Gasteiger partial charge in [-0.25, -0.2) is 4.39 Å². The molecule has 88 valence electrons. The van der Waals surface area contributed by atoms with Crippen LogP contribution in [0.5, 0.6) is 0 Å². The summed E-state index contributed by atoms with van der Waals surface area (Å²) in [6.45, 7) is 0.